The first-order chi connectivity index (χ1) is 14.7. The van der Waals surface area contributed by atoms with E-state index in [0.717, 1.165) is 35.6 Å². The summed E-state index contributed by atoms with van der Waals surface area (Å²) in [4.78, 5) is 19.4. The molecule has 0 radical (unpaired) electrons. The topological polar surface area (TPSA) is 79.3 Å². The third-order valence-electron chi connectivity index (χ3n) is 5.98. The predicted octanol–water partition coefficient (Wildman–Crippen LogP) is 3.85. The maximum Gasteiger partial charge on any atom is 0.324 e. The first-order valence-electron chi connectivity index (χ1n) is 10.2. The molecule has 1 N–H and O–H groups in total. The fraction of sp³-hybridized carbons (Fsp3) is 0.261. The molecular weight excluding hydrogens is 376 g/mol. The van der Waals surface area contributed by atoms with Crippen molar-refractivity contribution in [2.45, 2.75) is 12.3 Å². The van der Waals surface area contributed by atoms with Crippen molar-refractivity contribution in [1.29, 1.82) is 5.26 Å². The summed E-state index contributed by atoms with van der Waals surface area (Å²) < 4.78 is 0. The minimum absolute atomic E-state index is 0.0545. The summed E-state index contributed by atoms with van der Waals surface area (Å²) in [6, 6.07) is 17.8. The number of nitriles is 1. The van der Waals surface area contributed by atoms with Gasteiger partial charge in [0.15, 0.2) is 0 Å². The number of hydrogen-bond acceptors (Lipinski definition) is 4. The third kappa shape index (κ3) is 3.16. The lowest BCUT2D eigenvalue weighted by Crippen LogP contribution is -2.48. The summed E-state index contributed by atoms with van der Waals surface area (Å²) in [5, 5.41) is 16.2. The van der Waals surface area contributed by atoms with Crippen LogP contribution in [0.4, 0.5) is 21.9 Å². The fourth-order valence-electron chi connectivity index (χ4n) is 4.43. The van der Waals surface area contributed by atoms with Crippen molar-refractivity contribution in [3.05, 3.63) is 72.1 Å². The monoisotopic (exact) mass is 398 g/mol. The van der Waals surface area contributed by atoms with Crippen molar-refractivity contribution in [3.63, 3.8) is 0 Å². The summed E-state index contributed by atoms with van der Waals surface area (Å²) in [5.74, 6) is 0.331. The number of urea groups is 1. The van der Waals surface area contributed by atoms with Gasteiger partial charge in [0.2, 0.25) is 0 Å². The molecule has 0 spiro atoms. The maximum atomic E-state index is 13.4. The van der Waals surface area contributed by atoms with Gasteiger partial charge in [0.1, 0.15) is 0 Å². The van der Waals surface area contributed by atoms with Gasteiger partial charge in [-0.3, -0.25) is 10.00 Å². The minimum atomic E-state index is 0.0545. The number of rotatable bonds is 2. The smallest absolute Gasteiger partial charge is 0.324 e. The lowest BCUT2D eigenvalue weighted by Gasteiger charge is -2.39. The van der Waals surface area contributed by atoms with Crippen LogP contribution in [0.5, 0.6) is 0 Å². The van der Waals surface area contributed by atoms with Gasteiger partial charge in [-0.15, -0.1) is 0 Å². The lowest BCUT2D eigenvalue weighted by atomic mass is 10.0. The van der Waals surface area contributed by atoms with Gasteiger partial charge in [0, 0.05) is 44.0 Å². The molecule has 30 heavy (non-hydrogen) atoms. The van der Waals surface area contributed by atoms with Crippen molar-refractivity contribution in [3.8, 4) is 6.07 Å². The molecule has 5 rings (SSSR count). The SMILES string of the molecule is N#Cc1cccc(N2CCN(C(=O)N3CCC(c4cn[nH]c4)C3)c3ccccc32)c1. The molecule has 3 aromatic rings. The van der Waals surface area contributed by atoms with Crippen LogP contribution in [-0.4, -0.2) is 47.3 Å². The molecule has 1 aromatic heterocycles. The Hall–Kier alpha value is -3.79. The van der Waals surface area contributed by atoms with Gasteiger partial charge < -0.3 is 9.80 Å². The molecule has 7 heteroatoms. The van der Waals surface area contributed by atoms with Crippen LogP contribution in [-0.2, 0) is 0 Å². The molecule has 1 unspecified atom stereocenters. The number of likely N-dealkylation sites (tertiary alicyclic amines) is 1. The fourth-order valence-corrected chi connectivity index (χ4v) is 4.43. The number of amides is 2. The summed E-state index contributed by atoms with van der Waals surface area (Å²) in [6.07, 6.45) is 4.72. The predicted molar refractivity (Wildman–Crippen MR) is 115 cm³/mol. The zero-order valence-electron chi connectivity index (χ0n) is 16.5. The van der Waals surface area contributed by atoms with Crippen molar-refractivity contribution in [2.75, 3.05) is 36.0 Å². The van der Waals surface area contributed by atoms with Crippen molar-refractivity contribution < 1.29 is 4.79 Å². The summed E-state index contributed by atoms with van der Waals surface area (Å²) in [6.45, 7) is 2.74. The number of benzene rings is 2. The Morgan fingerprint density at radius 1 is 1.10 bits per heavy atom. The highest BCUT2D eigenvalue weighted by Crippen LogP contribution is 2.39. The van der Waals surface area contributed by atoms with Gasteiger partial charge >= 0.3 is 6.03 Å². The number of nitrogens with zero attached hydrogens (tertiary/aromatic N) is 5. The van der Waals surface area contributed by atoms with E-state index in [1.165, 1.54) is 0 Å². The van der Waals surface area contributed by atoms with Crippen molar-refractivity contribution in [2.24, 2.45) is 0 Å². The van der Waals surface area contributed by atoms with Crippen LogP contribution in [0.2, 0.25) is 0 Å². The molecule has 150 valence electrons. The van der Waals surface area contributed by atoms with Crippen molar-refractivity contribution in [1.82, 2.24) is 15.1 Å². The molecule has 2 aromatic carbocycles. The Labute approximate surface area is 175 Å². The maximum absolute atomic E-state index is 13.4. The Bertz CT molecular complexity index is 1100. The number of hydrogen-bond donors (Lipinski definition) is 1. The van der Waals surface area contributed by atoms with E-state index in [4.69, 9.17) is 0 Å². The Balaban J connectivity index is 1.40. The van der Waals surface area contributed by atoms with Gasteiger partial charge in [-0.1, -0.05) is 18.2 Å². The lowest BCUT2D eigenvalue weighted by molar-refractivity contribution is 0.215. The van der Waals surface area contributed by atoms with Crippen LogP contribution in [0.3, 0.4) is 0 Å². The normalized spacial score (nSPS) is 18.2. The summed E-state index contributed by atoms with van der Waals surface area (Å²) in [5.41, 5.74) is 4.65. The Kier molecular flexibility index (Phi) is 4.60. The first-order valence-corrected chi connectivity index (χ1v) is 10.2. The number of aromatic amines is 1. The molecule has 0 saturated carbocycles. The van der Waals surface area contributed by atoms with Crippen molar-refractivity contribution >= 4 is 23.1 Å². The molecule has 3 heterocycles. The Morgan fingerprint density at radius 2 is 1.97 bits per heavy atom. The van der Waals surface area contributed by atoms with E-state index < -0.39 is 0 Å². The molecule has 0 aliphatic carbocycles. The second-order valence-electron chi connectivity index (χ2n) is 7.70. The zero-order chi connectivity index (χ0) is 20.5. The van der Waals surface area contributed by atoms with Crippen LogP contribution in [0.25, 0.3) is 0 Å². The van der Waals surface area contributed by atoms with Crippen LogP contribution in [0.15, 0.2) is 60.9 Å². The van der Waals surface area contributed by atoms with Gasteiger partial charge in [-0.25, -0.2) is 4.79 Å². The highest BCUT2D eigenvalue weighted by atomic mass is 16.2. The number of H-pyrrole nitrogens is 1. The number of nitrogens with one attached hydrogen (secondary N) is 1. The van der Waals surface area contributed by atoms with E-state index in [9.17, 15) is 10.1 Å². The number of carbonyl (C=O) groups is 1. The van der Waals surface area contributed by atoms with Gasteiger partial charge in [-0.05, 0) is 42.3 Å². The van der Waals surface area contributed by atoms with E-state index in [2.05, 4.69) is 21.2 Å². The highest BCUT2D eigenvalue weighted by Gasteiger charge is 2.34. The summed E-state index contributed by atoms with van der Waals surface area (Å²) in [7, 11) is 0. The van der Waals surface area contributed by atoms with E-state index in [1.54, 1.807) is 6.07 Å². The molecule has 2 amide bonds. The van der Waals surface area contributed by atoms with Crippen LogP contribution in [0.1, 0.15) is 23.5 Å². The number of carbonyl (C=O) groups excluding carboxylic acids is 1. The quantitative estimate of drug-likeness (QED) is 0.711. The zero-order valence-corrected chi connectivity index (χ0v) is 16.5. The summed E-state index contributed by atoms with van der Waals surface area (Å²) >= 11 is 0. The van der Waals surface area contributed by atoms with Gasteiger partial charge in [0.05, 0.1) is 29.2 Å². The average molecular weight is 398 g/mol. The van der Waals surface area contributed by atoms with E-state index in [1.807, 2.05) is 64.7 Å². The minimum Gasteiger partial charge on any atom is -0.338 e. The van der Waals surface area contributed by atoms with E-state index >= 15 is 0 Å². The molecule has 2 aliphatic heterocycles. The standard InChI is InChI=1S/C23H22N6O/c24-13-17-4-3-5-20(12-17)28-10-11-29(22-7-2-1-6-21(22)28)23(30)27-9-8-18(16-27)19-14-25-26-15-19/h1-7,12,14-15,18H,8-11,16H2,(H,25,26). The van der Waals surface area contributed by atoms with Gasteiger partial charge in [-0.2, -0.15) is 10.4 Å². The molecule has 1 saturated heterocycles. The highest BCUT2D eigenvalue weighted by molar-refractivity contribution is 5.98. The molecule has 0 bridgehead atoms. The second kappa shape index (κ2) is 7.56. The van der Waals surface area contributed by atoms with Crippen LogP contribution in [0, 0.1) is 11.3 Å². The molecule has 1 fully saturated rings. The van der Waals surface area contributed by atoms with Crippen LogP contribution >= 0.6 is 0 Å². The molecule has 2 aliphatic rings. The second-order valence-corrected chi connectivity index (χ2v) is 7.70. The Morgan fingerprint density at radius 3 is 2.77 bits per heavy atom. The van der Waals surface area contributed by atoms with E-state index in [-0.39, 0.29) is 6.03 Å². The molecule has 1 atom stereocenters. The van der Waals surface area contributed by atoms with Gasteiger partial charge in [0.25, 0.3) is 0 Å². The van der Waals surface area contributed by atoms with Crippen LogP contribution < -0.4 is 9.80 Å². The number of para-hydroxylation sites is 2. The number of aromatic nitrogens is 2. The third-order valence-corrected chi connectivity index (χ3v) is 5.98. The average Bonchev–Trinajstić information content (AvgIpc) is 3.50. The van der Waals surface area contributed by atoms with E-state index in [0.29, 0.717) is 31.1 Å². The molecular formula is C23H22N6O. The number of fused-ring (bicyclic) bond motifs is 1. The first kappa shape index (κ1) is 18.3. The molecule has 7 nitrogen and oxygen atoms in total. The number of anilines is 3. The largest absolute Gasteiger partial charge is 0.338 e.